The number of aromatic nitrogens is 2. The molecule has 146 valence electrons. The lowest BCUT2D eigenvalue weighted by molar-refractivity contribution is 0.0718. The molecule has 0 spiro atoms. The molecule has 4 rings (SSSR count). The van der Waals surface area contributed by atoms with Crippen molar-refractivity contribution in [3.8, 4) is 5.75 Å². The number of hydrogen-bond acceptors (Lipinski definition) is 4. The molecule has 1 fully saturated rings. The second-order valence-corrected chi connectivity index (χ2v) is 7.32. The zero-order valence-electron chi connectivity index (χ0n) is 16.0. The van der Waals surface area contributed by atoms with Crippen molar-refractivity contribution in [1.29, 1.82) is 0 Å². The van der Waals surface area contributed by atoms with Gasteiger partial charge in [-0.2, -0.15) is 0 Å². The van der Waals surface area contributed by atoms with Crippen LogP contribution in [0.4, 0.5) is 0 Å². The molecule has 2 atom stereocenters. The van der Waals surface area contributed by atoms with Gasteiger partial charge in [-0.25, -0.2) is 0 Å². The molecule has 6 heteroatoms. The van der Waals surface area contributed by atoms with Crippen LogP contribution in [0, 0.1) is 0 Å². The Labute approximate surface area is 164 Å². The molecule has 2 N–H and O–H groups in total. The summed E-state index contributed by atoms with van der Waals surface area (Å²) in [6.45, 7) is 0.630. The van der Waals surface area contributed by atoms with E-state index in [1.165, 1.54) is 0 Å². The fourth-order valence-electron chi connectivity index (χ4n) is 3.87. The number of carbonyl (C=O) groups excluding carboxylic acids is 1. The average Bonchev–Trinajstić information content (AvgIpc) is 3.09. The molecule has 2 aromatic heterocycles. The Morgan fingerprint density at radius 1 is 1.25 bits per heavy atom. The van der Waals surface area contributed by atoms with Gasteiger partial charge in [0.2, 0.25) is 0 Å². The van der Waals surface area contributed by atoms with Crippen molar-refractivity contribution in [3.05, 3.63) is 59.9 Å². The summed E-state index contributed by atoms with van der Waals surface area (Å²) in [7, 11) is 1.65. The predicted molar refractivity (Wildman–Crippen MR) is 108 cm³/mol. The Morgan fingerprint density at radius 2 is 2.04 bits per heavy atom. The zero-order valence-corrected chi connectivity index (χ0v) is 16.0. The van der Waals surface area contributed by atoms with Gasteiger partial charge in [0.05, 0.1) is 30.3 Å². The van der Waals surface area contributed by atoms with Crippen molar-refractivity contribution < 1.29 is 14.6 Å². The smallest absolute Gasteiger partial charge is 0.255 e. The first-order valence-corrected chi connectivity index (χ1v) is 9.71. The number of rotatable bonds is 5. The normalized spacial score (nSPS) is 19.5. The minimum atomic E-state index is -0.474. The van der Waals surface area contributed by atoms with Gasteiger partial charge in [-0.1, -0.05) is 25.0 Å². The number of methoxy groups -OCH3 is 1. The third-order valence-corrected chi connectivity index (χ3v) is 5.44. The first-order chi connectivity index (χ1) is 13.7. The van der Waals surface area contributed by atoms with E-state index >= 15 is 0 Å². The molecule has 1 aliphatic carbocycles. The van der Waals surface area contributed by atoms with Crippen LogP contribution in [0.5, 0.6) is 5.75 Å². The summed E-state index contributed by atoms with van der Waals surface area (Å²) in [5.74, 6) is 0.636. The van der Waals surface area contributed by atoms with Crippen LogP contribution >= 0.6 is 0 Å². The van der Waals surface area contributed by atoms with Gasteiger partial charge in [0, 0.05) is 18.9 Å². The topological polar surface area (TPSA) is 76.4 Å². The number of amides is 1. The van der Waals surface area contributed by atoms with Gasteiger partial charge in [0.1, 0.15) is 11.3 Å². The van der Waals surface area contributed by atoms with Crippen LogP contribution in [0.15, 0.2) is 48.8 Å². The Balaban J connectivity index is 1.61. The summed E-state index contributed by atoms with van der Waals surface area (Å²) >= 11 is 0. The molecule has 0 radical (unpaired) electrons. The van der Waals surface area contributed by atoms with E-state index < -0.39 is 6.10 Å². The van der Waals surface area contributed by atoms with Crippen molar-refractivity contribution in [3.63, 3.8) is 0 Å². The average molecular weight is 379 g/mol. The van der Waals surface area contributed by atoms with Crippen molar-refractivity contribution in [2.45, 2.75) is 44.4 Å². The van der Waals surface area contributed by atoms with E-state index in [1.54, 1.807) is 13.3 Å². The lowest BCUT2D eigenvalue weighted by Crippen LogP contribution is -2.45. The van der Waals surface area contributed by atoms with Crippen LogP contribution in [0.25, 0.3) is 11.0 Å². The van der Waals surface area contributed by atoms with E-state index in [4.69, 9.17) is 4.74 Å². The van der Waals surface area contributed by atoms with E-state index in [0.29, 0.717) is 17.6 Å². The molecule has 1 amide bonds. The molecule has 1 aromatic carbocycles. The maximum absolute atomic E-state index is 12.9. The second-order valence-electron chi connectivity index (χ2n) is 7.32. The van der Waals surface area contributed by atoms with E-state index in [0.717, 1.165) is 42.5 Å². The first kappa shape index (κ1) is 18.5. The Bertz CT molecular complexity index is 965. The number of carbonyl (C=O) groups is 1. The van der Waals surface area contributed by atoms with Crippen LogP contribution in [-0.2, 0) is 6.54 Å². The number of benzene rings is 1. The molecule has 2 heterocycles. The highest BCUT2D eigenvalue weighted by Crippen LogP contribution is 2.23. The molecule has 0 saturated heterocycles. The van der Waals surface area contributed by atoms with Crippen molar-refractivity contribution in [2.24, 2.45) is 0 Å². The van der Waals surface area contributed by atoms with Crippen LogP contribution in [0.3, 0.4) is 0 Å². The molecule has 1 aliphatic rings. The maximum atomic E-state index is 12.9. The first-order valence-electron chi connectivity index (χ1n) is 9.71. The van der Waals surface area contributed by atoms with Crippen LogP contribution < -0.4 is 10.1 Å². The highest BCUT2D eigenvalue weighted by molar-refractivity contribution is 6.05. The number of nitrogens with one attached hydrogen (secondary N) is 1. The number of pyridine rings is 1. The molecule has 28 heavy (non-hydrogen) atoms. The third kappa shape index (κ3) is 3.73. The van der Waals surface area contributed by atoms with E-state index in [9.17, 15) is 9.90 Å². The SMILES string of the molecule is COc1ccc(Cn2cc(C(=O)N[C@H]3CCCC[C@@H]3O)c3ncccc32)cc1. The summed E-state index contributed by atoms with van der Waals surface area (Å²) in [6.07, 6.45) is 6.67. The fraction of sp³-hybridized carbons (Fsp3) is 0.364. The summed E-state index contributed by atoms with van der Waals surface area (Å²) in [5, 5.41) is 13.2. The lowest BCUT2D eigenvalue weighted by Gasteiger charge is -2.28. The van der Waals surface area contributed by atoms with Crippen LogP contribution in [0.1, 0.15) is 41.6 Å². The maximum Gasteiger partial charge on any atom is 0.255 e. The zero-order chi connectivity index (χ0) is 19.5. The number of ether oxygens (including phenoxy) is 1. The van der Waals surface area contributed by atoms with Crippen molar-refractivity contribution in [1.82, 2.24) is 14.9 Å². The van der Waals surface area contributed by atoms with Crippen molar-refractivity contribution in [2.75, 3.05) is 7.11 Å². The van der Waals surface area contributed by atoms with Gasteiger partial charge in [-0.05, 0) is 42.7 Å². The van der Waals surface area contributed by atoms with Gasteiger partial charge < -0.3 is 19.7 Å². The van der Waals surface area contributed by atoms with Crippen LogP contribution in [0.2, 0.25) is 0 Å². The molecular weight excluding hydrogens is 354 g/mol. The lowest BCUT2D eigenvalue weighted by atomic mass is 9.92. The molecule has 3 aromatic rings. The molecule has 0 bridgehead atoms. The summed E-state index contributed by atoms with van der Waals surface area (Å²) in [6, 6.07) is 11.5. The van der Waals surface area contributed by atoms with Crippen LogP contribution in [-0.4, -0.2) is 39.8 Å². The summed E-state index contributed by atoms with van der Waals surface area (Å²) in [4.78, 5) is 17.4. The number of hydrogen-bond donors (Lipinski definition) is 2. The highest BCUT2D eigenvalue weighted by Gasteiger charge is 2.26. The number of aliphatic hydroxyl groups excluding tert-OH is 1. The number of fused-ring (bicyclic) bond motifs is 1. The minimum Gasteiger partial charge on any atom is -0.497 e. The van der Waals surface area contributed by atoms with E-state index in [-0.39, 0.29) is 11.9 Å². The molecule has 6 nitrogen and oxygen atoms in total. The third-order valence-electron chi connectivity index (χ3n) is 5.44. The number of aliphatic hydroxyl groups is 1. The van der Waals surface area contributed by atoms with Gasteiger partial charge in [-0.15, -0.1) is 0 Å². The summed E-state index contributed by atoms with van der Waals surface area (Å²) < 4.78 is 7.25. The quantitative estimate of drug-likeness (QED) is 0.714. The fourth-order valence-corrected chi connectivity index (χ4v) is 3.87. The molecule has 1 saturated carbocycles. The second kappa shape index (κ2) is 8.02. The minimum absolute atomic E-state index is 0.178. The molecule has 0 unspecified atom stereocenters. The van der Waals surface area contributed by atoms with Gasteiger partial charge in [0.15, 0.2) is 0 Å². The monoisotopic (exact) mass is 379 g/mol. The van der Waals surface area contributed by atoms with Gasteiger partial charge in [-0.3, -0.25) is 9.78 Å². The summed E-state index contributed by atoms with van der Waals surface area (Å²) in [5.41, 5.74) is 3.24. The predicted octanol–water partition coefficient (Wildman–Crippen LogP) is 3.13. The molecular formula is C22H25N3O3. The standard InChI is InChI=1S/C22H25N3O3/c1-28-16-10-8-15(9-11-16)13-25-14-17(21-19(25)6-4-12-23-21)22(27)24-18-5-2-3-7-20(18)26/h4,6,8-12,14,18,20,26H,2-3,5,7,13H2,1H3,(H,24,27)/t18-,20-/m0/s1. The largest absolute Gasteiger partial charge is 0.497 e. The van der Waals surface area contributed by atoms with E-state index in [2.05, 4.69) is 10.3 Å². The number of nitrogens with zero attached hydrogens (tertiary/aromatic N) is 2. The molecule has 0 aliphatic heterocycles. The van der Waals surface area contributed by atoms with Gasteiger partial charge >= 0.3 is 0 Å². The van der Waals surface area contributed by atoms with Gasteiger partial charge in [0.25, 0.3) is 5.91 Å². The van der Waals surface area contributed by atoms with Crippen molar-refractivity contribution >= 4 is 16.9 Å². The Hall–Kier alpha value is -2.86. The Morgan fingerprint density at radius 3 is 2.79 bits per heavy atom. The Kier molecular flexibility index (Phi) is 5.30. The highest BCUT2D eigenvalue weighted by atomic mass is 16.5. The van der Waals surface area contributed by atoms with E-state index in [1.807, 2.05) is 47.2 Å².